The molecule has 0 aromatic heterocycles. The highest BCUT2D eigenvalue weighted by Crippen LogP contribution is 2.30. The van der Waals surface area contributed by atoms with Crippen molar-refractivity contribution in [3.63, 3.8) is 0 Å². The van der Waals surface area contributed by atoms with Gasteiger partial charge in [0.2, 0.25) is 0 Å². The second-order valence-corrected chi connectivity index (χ2v) is 8.13. The van der Waals surface area contributed by atoms with E-state index in [4.69, 9.17) is 34.8 Å². The van der Waals surface area contributed by atoms with Gasteiger partial charge in [-0.15, -0.1) is 0 Å². The largest absolute Gasteiger partial charge is 0.327 e. The Morgan fingerprint density at radius 3 is 2.72 bits per heavy atom. The van der Waals surface area contributed by atoms with Crippen LogP contribution in [0.1, 0.15) is 6.92 Å². The number of urea groups is 1. The Labute approximate surface area is 165 Å². The van der Waals surface area contributed by atoms with Crippen LogP contribution in [0.15, 0.2) is 47.5 Å². The first-order valence-electron chi connectivity index (χ1n) is 7.47. The van der Waals surface area contributed by atoms with E-state index in [1.165, 1.54) is 0 Å². The van der Waals surface area contributed by atoms with Crippen LogP contribution in [-0.4, -0.2) is 27.9 Å². The Kier molecular flexibility index (Phi) is 5.79. The molecule has 2 aromatic rings. The highest BCUT2D eigenvalue weighted by Gasteiger charge is 2.31. The van der Waals surface area contributed by atoms with Gasteiger partial charge in [-0.05, 0) is 36.4 Å². The highest BCUT2D eigenvalue weighted by atomic mass is 35.5. The van der Waals surface area contributed by atoms with Gasteiger partial charge in [0, 0.05) is 22.5 Å². The van der Waals surface area contributed by atoms with Crippen molar-refractivity contribution in [3.05, 3.63) is 57.5 Å². The SMILES string of the molecule is C[C@@H]1CN(C(=O)Nc2ccc(Cl)c(Cl)c2)C(=Nc2cccc(Cl)c2)S1. The molecule has 2 amide bonds. The molecule has 0 unspecified atom stereocenters. The van der Waals surface area contributed by atoms with Gasteiger partial charge in [-0.3, -0.25) is 4.90 Å². The molecule has 0 radical (unpaired) electrons. The zero-order valence-corrected chi connectivity index (χ0v) is 16.3. The van der Waals surface area contributed by atoms with Crippen LogP contribution in [0, 0.1) is 0 Å². The lowest BCUT2D eigenvalue weighted by Crippen LogP contribution is -2.36. The molecule has 2 aromatic carbocycles. The molecule has 25 heavy (non-hydrogen) atoms. The number of nitrogens with zero attached hydrogens (tertiary/aromatic N) is 2. The maximum Gasteiger partial charge on any atom is 0.327 e. The Hall–Kier alpha value is -1.40. The van der Waals surface area contributed by atoms with Crippen molar-refractivity contribution in [2.45, 2.75) is 12.2 Å². The number of benzene rings is 2. The summed E-state index contributed by atoms with van der Waals surface area (Å²) in [5, 5.41) is 5.13. The van der Waals surface area contributed by atoms with Crippen molar-refractivity contribution in [2.75, 3.05) is 11.9 Å². The number of nitrogens with one attached hydrogen (secondary N) is 1. The van der Waals surface area contributed by atoms with Crippen LogP contribution in [0.4, 0.5) is 16.2 Å². The zero-order chi connectivity index (χ0) is 18.0. The molecule has 1 saturated heterocycles. The van der Waals surface area contributed by atoms with Crippen molar-refractivity contribution < 1.29 is 4.79 Å². The lowest BCUT2D eigenvalue weighted by Gasteiger charge is -2.17. The van der Waals surface area contributed by atoms with Gasteiger partial charge in [-0.25, -0.2) is 9.79 Å². The number of amides is 2. The molecule has 0 spiro atoms. The predicted octanol–water partition coefficient (Wildman–Crippen LogP) is 6.30. The molecule has 8 heteroatoms. The Morgan fingerprint density at radius 1 is 1.20 bits per heavy atom. The molecule has 4 nitrogen and oxygen atoms in total. The lowest BCUT2D eigenvalue weighted by molar-refractivity contribution is 0.235. The van der Waals surface area contributed by atoms with E-state index in [2.05, 4.69) is 10.3 Å². The number of amidine groups is 1. The summed E-state index contributed by atoms with van der Waals surface area (Å²) in [7, 11) is 0. The number of hydrogen-bond donors (Lipinski definition) is 1. The fraction of sp³-hybridized carbons (Fsp3) is 0.176. The fourth-order valence-electron chi connectivity index (χ4n) is 2.29. The molecule has 3 rings (SSSR count). The van der Waals surface area contributed by atoms with Crippen LogP contribution in [0.3, 0.4) is 0 Å². The average Bonchev–Trinajstić information content (AvgIpc) is 2.91. The molecule has 1 atom stereocenters. The minimum Gasteiger partial charge on any atom is -0.307 e. The van der Waals surface area contributed by atoms with Gasteiger partial charge < -0.3 is 5.32 Å². The summed E-state index contributed by atoms with van der Waals surface area (Å²) in [5.41, 5.74) is 1.28. The summed E-state index contributed by atoms with van der Waals surface area (Å²) in [5.74, 6) is 0. The number of rotatable bonds is 2. The minimum atomic E-state index is -0.268. The first-order chi connectivity index (χ1) is 11.9. The highest BCUT2D eigenvalue weighted by molar-refractivity contribution is 8.14. The Morgan fingerprint density at radius 2 is 2.00 bits per heavy atom. The number of carbonyl (C=O) groups is 1. The van der Waals surface area contributed by atoms with Crippen LogP contribution in [0.2, 0.25) is 15.1 Å². The first kappa shape index (κ1) is 18.4. The van der Waals surface area contributed by atoms with Crippen LogP contribution >= 0.6 is 46.6 Å². The first-order valence-corrected chi connectivity index (χ1v) is 9.48. The summed E-state index contributed by atoms with van der Waals surface area (Å²) in [6, 6.07) is 11.9. The van der Waals surface area contributed by atoms with Gasteiger partial charge in [0.1, 0.15) is 0 Å². The minimum absolute atomic E-state index is 0.248. The van der Waals surface area contributed by atoms with Gasteiger partial charge in [0.25, 0.3) is 0 Å². The summed E-state index contributed by atoms with van der Waals surface area (Å²) < 4.78 is 0. The zero-order valence-electron chi connectivity index (χ0n) is 13.2. The van der Waals surface area contributed by atoms with Crippen LogP contribution < -0.4 is 5.32 Å². The quantitative estimate of drug-likeness (QED) is 0.626. The number of carbonyl (C=O) groups excluding carboxylic acids is 1. The van der Waals surface area contributed by atoms with Gasteiger partial charge in [0.05, 0.1) is 15.7 Å². The van der Waals surface area contributed by atoms with Crippen LogP contribution in [0.5, 0.6) is 0 Å². The molecule has 0 bridgehead atoms. The molecule has 130 valence electrons. The third-order valence-electron chi connectivity index (χ3n) is 3.43. The summed E-state index contributed by atoms with van der Waals surface area (Å²) >= 11 is 19.4. The summed E-state index contributed by atoms with van der Waals surface area (Å²) in [6.45, 7) is 2.61. The standard InChI is InChI=1S/C17H14Cl3N3OS/c1-10-9-23(16(24)21-13-5-6-14(19)15(20)8-13)17(25-10)22-12-4-2-3-11(18)7-12/h2-8,10H,9H2,1H3,(H,21,24)/t10-/m1/s1. The normalized spacial score (nSPS) is 18.6. The van der Waals surface area contributed by atoms with Crippen LogP contribution in [0.25, 0.3) is 0 Å². The van der Waals surface area contributed by atoms with E-state index in [0.29, 0.717) is 38.2 Å². The monoisotopic (exact) mass is 413 g/mol. The van der Waals surface area contributed by atoms with Gasteiger partial charge in [0.15, 0.2) is 5.17 Å². The van der Waals surface area contributed by atoms with Crippen molar-refractivity contribution in [2.24, 2.45) is 4.99 Å². The van der Waals surface area contributed by atoms with Crippen molar-refractivity contribution >= 4 is 69.1 Å². The summed E-state index contributed by atoms with van der Waals surface area (Å²) in [4.78, 5) is 18.8. The smallest absolute Gasteiger partial charge is 0.307 e. The molecule has 1 fully saturated rings. The number of anilines is 1. The Balaban J connectivity index is 1.81. The van der Waals surface area contributed by atoms with E-state index >= 15 is 0 Å². The van der Waals surface area contributed by atoms with Crippen molar-refractivity contribution in [1.29, 1.82) is 0 Å². The number of hydrogen-bond acceptors (Lipinski definition) is 3. The lowest BCUT2D eigenvalue weighted by atomic mass is 10.3. The Bertz CT molecular complexity index is 844. The van der Waals surface area contributed by atoms with E-state index < -0.39 is 0 Å². The molecule has 0 saturated carbocycles. The second kappa shape index (κ2) is 7.87. The van der Waals surface area contributed by atoms with E-state index in [0.717, 1.165) is 0 Å². The number of halogens is 3. The van der Waals surface area contributed by atoms with E-state index in [1.807, 2.05) is 19.1 Å². The molecule has 1 aliphatic rings. The second-order valence-electron chi connectivity index (χ2n) is 5.47. The number of aliphatic imine (C=N–C) groups is 1. The maximum absolute atomic E-state index is 12.6. The van der Waals surface area contributed by atoms with E-state index in [9.17, 15) is 4.79 Å². The van der Waals surface area contributed by atoms with Crippen molar-refractivity contribution in [3.8, 4) is 0 Å². The van der Waals surface area contributed by atoms with Crippen LogP contribution in [-0.2, 0) is 0 Å². The molecular formula is C17H14Cl3N3OS. The topological polar surface area (TPSA) is 44.7 Å². The fourth-order valence-corrected chi connectivity index (χ4v) is 3.80. The molecule has 0 aliphatic carbocycles. The van der Waals surface area contributed by atoms with Gasteiger partial charge in [-0.1, -0.05) is 59.6 Å². The van der Waals surface area contributed by atoms with Crippen molar-refractivity contribution in [1.82, 2.24) is 4.90 Å². The predicted molar refractivity (Wildman–Crippen MR) is 108 cm³/mol. The molecule has 1 aliphatic heterocycles. The molecule has 1 heterocycles. The maximum atomic E-state index is 12.6. The molecular weight excluding hydrogens is 401 g/mol. The van der Waals surface area contributed by atoms with Gasteiger partial charge >= 0.3 is 6.03 Å². The average molecular weight is 415 g/mol. The third-order valence-corrected chi connectivity index (χ3v) is 5.47. The number of thioether (sulfide) groups is 1. The molecule has 1 N–H and O–H groups in total. The van der Waals surface area contributed by atoms with E-state index in [-0.39, 0.29) is 11.3 Å². The van der Waals surface area contributed by atoms with Gasteiger partial charge in [-0.2, -0.15) is 0 Å². The third kappa shape index (κ3) is 4.61. The summed E-state index contributed by atoms with van der Waals surface area (Å²) in [6.07, 6.45) is 0. The van der Waals surface area contributed by atoms with E-state index in [1.54, 1.807) is 47.0 Å².